The first kappa shape index (κ1) is 39.7. The summed E-state index contributed by atoms with van der Waals surface area (Å²) in [5.74, 6) is -7.29. The Bertz CT molecular complexity index is 1520. The van der Waals surface area contributed by atoms with E-state index in [1.165, 1.54) is 19.1 Å². The average Bonchev–Trinajstić information content (AvgIpc) is 3.23. The number of esters is 6. The normalized spacial score (nSPS) is 34.0. The summed E-state index contributed by atoms with van der Waals surface area (Å²) in [4.78, 5) is 79.9. The monoisotopic (exact) mass is 718 g/mol. The van der Waals surface area contributed by atoms with Gasteiger partial charge in [-0.05, 0) is 39.3 Å². The van der Waals surface area contributed by atoms with Crippen LogP contribution in [0.4, 0.5) is 0 Å². The molecule has 0 unspecified atom stereocenters. The van der Waals surface area contributed by atoms with Crippen molar-refractivity contribution in [2.24, 2.45) is 23.2 Å². The summed E-state index contributed by atoms with van der Waals surface area (Å²) in [7, 11) is 0. The van der Waals surface area contributed by atoms with E-state index in [0.29, 0.717) is 6.42 Å². The molecule has 1 aromatic carbocycles. The van der Waals surface area contributed by atoms with Gasteiger partial charge in [-0.25, -0.2) is 4.79 Å². The first-order valence-corrected chi connectivity index (χ1v) is 17.2. The van der Waals surface area contributed by atoms with Crippen LogP contribution >= 0.6 is 0 Å². The highest BCUT2D eigenvalue weighted by atomic mass is 16.7. The van der Waals surface area contributed by atoms with E-state index in [2.05, 4.69) is 0 Å². The lowest BCUT2D eigenvalue weighted by atomic mass is 9.45. The van der Waals surface area contributed by atoms with Gasteiger partial charge in [0.25, 0.3) is 0 Å². The molecule has 14 heteroatoms. The molecule has 10 atom stereocenters. The summed E-state index contributed by atoms with van der Waals surface area (Å²) in [6, 6.07) is 7.88. The number of fused-ring (bicyclic) bond motifs is 1. The van der Waals surface area contributed by atoms with Crippen LogP contribution in [-0.4, -0.2) is 94.9 Å². The van der Waals surface area contributed by atoms with E-state index in [1.807, 2.05) is 0 Å². The SMILES string of the molecule is CC[C@@H](C)C(=O)OC[C@]12[C@@H](OC(=O)c3ccccc3)[C@H](OC(=O)C(C)C)[C@@H]3[C@@H](OC(C)=O)[C@]1(OC3(C)C)[C@@](C)(O)C[C@H](OC(C)=O)[C@@H]2OC(C)=O. The fourth-order valence-electron chi connectivity index (χ4n) is 8.17. The van der Waals surface area contributed by atoms with Gasteiger partial charge in [0, 0.05) is 27.2 Å². The van der Waals surface area contributed by atoms with Gasteiger partial charge in [-0.3, -0.25) is 24.0 Å². The zero-order valence-corrected chi connectivity index (χ0v) is 30.9. The predicted octanol–water partition coefficient (Wildman–Crippen LogP) is 3.48. The number of hydrogen-bond donors (Lipinski definition) is 1. The molecule has 3 aliphatic rings. The zero-order valence-electron chi connectivity index (χ0n) is 30.9. The summed E-state index contributed by atoms with van der Waals surface area (Å²) in [5, 5.41) is 12.8. The van der Waals surface area contributed by atoms with Crippen LogP contribution < -0.4 is 0 Å². The number of ether oxygens (including phenoxy) is 7. The smallest absolute Gasteiger partial charge is 0.338 e. The molecule has 4 rings (SSSR count). The van der Waals surface area contributed by atoms with Crippen molar-refractivity contribution in [1.82, 2.24) is 0 Å². The molecule has 1 aromatic rings. The summed E-state index contributed by atoms with van der Waals surface area (Å²) in [5.41, 5.74) is -8.01. The van der Waals surface area contributed by atoms with E-state index in [1.54, 1.807) is 59.7 Å². The summed E-state index contributed by atoms with van der Waals surface area (Å²) in [6.45, 7) is 13.8. The lowest BCUT2D eigenvalue weighted by molar-refractivity contribution is -0.363. The molecule has 2 bridgehead atoms. The fourth-order valence-corrected chi connectivity index (χ4v) is 8.17. The molecule has 0 amide bonds. The Balaban J connectivity index is 2.20. The maximum Gasteiger partial charge on any atom is 0.338 e. The number of carbonyl (C=O) groups excluding carboxylic acids is 6. The topological polar surface area (TPSA) is 187 Å². The van der Waals surface area contributed by atoms with Crippen molar-refractivity contribution in [1.29, 1.82) is 0 Å². The van der Waals surface area contributed by atoms with E-state index >= 15 is 0 Å². The number of carbonyl (C=O) groups is 6. The number of rotatable bonds is 11. The molecule has 2 aliphatic carbocycles. The first-order chi connectivity index (χ1) is 23.7. The van der Waals surface area contributed by atoms with Crippen LogP contribution in [0.5, 0.6) is 0 Å². The Morgan fingerprint density at radius 1 is 0.804 bits per heavy atom. The molecule has 2 saturated carbocycles. The Kier molecular flexibility index (Phi) is 11.3. The minimum atomic E-state index is -2.28. The van der Waals surface area contributed by atoms with Crippen LogP contribution in [0, 0.1) is 23.2 Å². The zero-order chi connectivity index (χ0) is 38.3. The van der Waals surface area contributed by atoms with Crippen LogP contribution in [-0.2, 0) is 57.1 Å². The fraction of sp³-hybridized carbons (Fsp3) is 0.676. The highest BCUT2D eigenvalue weighted by Gasteiger charge is 2.89. The lowest BCUT2D eigenvalue weighted by Gasteiger charge is -2.66. The Labute approximate surface area is 297 Å². The molecule has 3 fully saturated rings. The minimum Gasteiger partial charge on any atom is -0.464 e. The average molecular weight is 719 g/mol. The quantitative estimate of drug-likeness (QED) is 0.259. The first-order valence-electron chi connectivity index (χ1n) is 17.2. The van der Waals surface area contributed by atoms with Crippen LogP contribution in [0.15, 0.2) is 30.3 Å². The van der Waals surface area contributed by atoms with Crippen LogP contribution in [0.2, 0.25) is 0 Å². The van der Waals surface area contributed by atoms with E-state index in [-0.39, 0.29) is 5.56 Å². The Morgan fingerprint density at radius 2 is 1.37 bits per heavy atom. The van der Waals surface area contributed by atoms with Gasteiger partial charge in [0.1, 0.15) is 30.3 Å². The summed E-state index contributed by atoms with van der Waals surface area (Å²) in [6.07, 6.45) is -7.99. The Hall–Kier alpha value is -4.04. The molecule has 1 saturated heterocycles. The molecule has 51 heavy (non-hydrogen) atoms. The lowest BCUT2D eigenvalue weighted by Crippen LogP contribution is -2.85. The second-order valence-electron chi connectivity index (χ2n) is 14.9. The van der Waals surface area contributed by atoms with Crippen molar-refractivity contribution in [2.75, 3.05) is 6.61 Å². The second kappa shape index (κ2) is 14.5. The maximum atomic E-state index is 14.1. The molecule has 14 nitrogen and oxygen atoms in total. The molecule has 1 heterocycles. The van der Waals surface area contributed by atoms with Crippen molar-refractivity contribution in [3.8, 4) is 0 Å². The van der Waals surface area contributed by atoms with Crippen LogP contribution in [0.3, 0.4) is 0 Å². The van der Waals surface area contributed by atoms with Gasteiger partial charge in [0.05, 0.1) is 34.5 Å². The highest BCUT2D eigenvalue weighted by Crippen LogP contribution is 2.69. The molecule has 0 aromatic heterocycles. The minimum absolute atomic E-state index is 0.0880. The van der Waals surface area contributed by atoms with Crippen molar-refractivity contribution in [3.63, 3.8) is 0 Å². The molecule has 1 aliphatic heterocycles. The van der Waals surface area contributed by atoms with Crippen molar-refractivity contribution in [3.05, 3.63) is 35.9 Å². The van der Waals surface area contributed by atoms with Gasteiger partial charge >= 0.3 is 35.8 Å². The third-order valence-corrected chi connectivity index (χ3v) is 10.4. The maximum absolute atomic E-state index is 14.1. The van der Waals surface area contributed by atoms with Gasteiger partial charge in [0.15, 0.2) is 17.8 Å². The van der Waals surface area contributed by atoms with Gasteiger partial charge in [-0.2, -0.15) is 0 Å². The largest absolute Gasteiger partial charge is 0.464 e. The van der Waals surface area contributed by atoms with Gasteiger partial charge in [-0.15, -0.1) is 0 Å². The third-order valence-electron chi connectivity index (χ3n) is 10.4. The number of hydrogen-bond acceptors (Lipinski definition) is 14. The highest BCUT2D eigenvalue weighted by molar-refractivity contribution is 5.89. The van der Waals surface area contributed by atoms with Gasteiger partial charge < -0.3 is 38.3 Å². The standard InChI is InChI=1S/C37H50O14/c1-11-20(4)32(42)45-18-36-28(47-22(6)39)25(46-21(5)38)17-35(10,44)37(36)29(48-23(7)40)26(34(8,9)51-37)27(49-31(41)19(2)3)30(36)50-33(43)24-15-13-12-14-16-24/h12-16,19-20,25-30,44H,11,17-18H2,1-10H3/t20-,25+,26-,27-,28+,29-,30+,35+,36+,37+/m1/s1. The molecule has 0 radical (unpaired) electrons. The third kappa shape index (κ3) is 6.96. The molecule has 1 spiro atoms. The summed E-state index contributed by atoms with van der Waals surface area (Å²) < 4.78 is 43.3. The van der Waals surface area contributed by atoms with Crippen LogP contribution in [0.1, 0.15) is 92.4 Å². The van der Waals surface area contributed by atoms with Crippen LogP contribution in [0.25, 0.3) is 0 Å². The van der Waals surface area contributed by atoms with E-state index in [0.717, 1.165) is 20.8 Å². The van der Waals surface area contributed by atoms with E-state index in [9.17, 15) is 33.9 Å². The summed E-state index contributed by atoms with van der Waals surface area (Å²) >= 11 is 0. The van der Waals surface area contributed by atoms with Gasteiger partial charge in [-0.1, -0.05) is 45.9 Å². The second-order valence-corrected chi connectivity index (χ2v) is 14.9. The molecular weight excluding hydrogens is 668 g/mol. The molecule has 1 N–H and O–H groups in total. The van der Waals surface area contributed by atoms with Crippen molar-refractivity contribution < 1.29 is 67.0 Å². The predicted molar refractivity (Wildman–Crippen MR) is 176 cm³/mol. The Morgan fingerprint density at radius 3 is 1.90 bits per heavy atom. The van der Waals surface area contributed by atoms with Crippen molar-refractivity contribution >= 4 is 35.8 Å². The number of benzene rings is 1. The number of aliphatic hydroxyl groups is 1. The van der Waals surface area contributed by atoms with E-state index in [4.69, 9.17) is 33.2 Å². The van der Waals surface area contributed by atoms with Gasteiger partial charge in [0.2, 0.25) is 0 Å². The van der Waals surface area contributed by atoms with E-state index < -0.39 is 119 Å². The molecular formula is C37H50O14. The molecule has 282 valence electrons. The van der Waals surface area contributed by atoms with Crippen molar-refractivity contribution in [2.45, 2.75) is 129 Å².